The van der Waals surface area contributed by atoms with E-state index in [4.69, 9.17) is 17.3 Å². The summed E-state index contributed by atoms with van der Waals surface area (Å²) in [6, 6.07) is 19.3. The molecule has 0 bridgehead atoms. The maximum Gasteiger partial charge on any atom is 0.261 e. The molecule has 1 fully saturated rings. The number of halogens is 1. The fourth-order valence-corrected chi connectivity index (χ4v) is 5.44. The number of aliphatic hydroxyl groups excluding tert-OH is 1. The Bertz CT molecular complexity index is 1240. The number of carbonyl (C=O) groups is 2. The molecular formula is C28H34ClN5O3S. The Kier molecular flexibility index (Phi) is 9.63. The van der Waals surface area contributed by atoms with E-state index >= 15 is 0 Å². The normalized spacial score (nSPS) is 15.8. The van der Waals surface area contributed by atoms with E-state index in [-0.39, 0.29) is 24.4 Å². The topological polar surface area (TPSA) is 111 Å². The van der Waals surface area contributed by atoms with Crippen molar-refractivity contribution in [3.05, 3.63) is 75.4 Å². The second kappa shape index (κ2) is 13.1. The Morgan fingerprint density at radius 3 is 2.68 bits per heavy atom. The van der Waals surface area contributed by atoms with Crippen LogP contribution >= 0.6 is 22.9 Å². The summed E-state index contributed by atoms with van der Waals surface area (Å²) in [5.74, 6) is -0.327. The van der Waals surface area contributed by atoms with E-state index in [2.05, 4.69) is 15.5 Å². The third kappa shape index (κ3) is 7.70. The summed E-state index contributed by atoms with van der Waals surface area (Å²) >= 11 is 7.09. The number of hydrogen-bond donors (Lipinski definition) is 4. The van der Waals surface area contributed by atoms with Gasteiger partial charge < -0.3 is 31.3 Å². The van der Waals surface area contributed by atoms with Crippen LogP contribution in [-0.4, -0.2) is 62.3 Å². The number of hydrogen-bond acceptors (Lipinski definition) is 7. The lowest BCUT2D eigenvalue weighted by Gasteiger charge is -2.27. The lowest BCUT2D eigenvalue weighted by atomic mass is 10.1. The largest absolute Gasteiger partial charge is 0.389 e. The van der Waals surface area contributed by atoms with Crippen molar-refractivity contribution < 1.29 is 14.7 Å². The molecule has 2 unspecified atom stereocenters. The molecule has 202 valence electrons. The fraction of sp³-hybridized carbons (Fsp3) is 0.357. The first-order valence-electron chi connectivity index (χ1n) is 12.7. The van der Waals surface area contributed by atoms with Crippen molar-refractivity contribution in [2.75, 3.05) is 48.3 Å². The molecule has 1 aliphatic rings. The zero-order chi connectivity index (χ0) is 27.1. The van der Waals surface area contributed by atoms with Crippen LogP contribution in [-0.2, 0) is 11.2 Å². The highest BCUT2D eigenvalue weighted by Crippen LogP contribution is 2.33. The Morgan fingerprint density at radius 1 is 1.21 bits per heavy atom. The second-order valence-corrected chi connectivity index (χ2v) is 11.3. The smallest absolute Gasteiger partial charge is 0.261 e. The number of nitrogens with one attached hydrogen (secondary N) is 2. The molecule has 38 heavy (non-hydrogen) atoms. The Labute approximate surface area is 232 Å². The minimum absolute atomic E-state index is 0.0603. The Balaban J connectivity index is 1.40. The summed E-state index contributed by atoms with van der Waals surface area (Å²) in [6.45, 7) is 1.96. The molecule has 5 N–H and O–H groups in total. The van der Waals surface area contributed by atoms with E-state index in [1.165, 1.54) is 11.3 Å². The maximum atomic E-state index is 12.9. The number of rotatable bonds is 11. The lowest BCUT2D eigenvalue weighted by molar-refractivity contribution is -0.116. The lowest BCUT2D eigenvalue weighted by Crippen LogP contribution is -2.38. The summed E-state index contributed by atoms with van der Waals surface area (Å²) < 4.78 is 0.540. The van der Waals surface area contributed by atoms with Crippen molar-refractivity contribution in [3.8, 4) is 0 Å². The van der Waals surface area contributed by atoms with Crippen LogP contribution in [0, 0.1) is 0 Å². The summed E-state index contributed by atoms with van der Waals surface area (Å²) in [5, 5.41) is 16.4. The van der Waals surface area contributed by atoms with Gasteiger partial charge in [0.25, 0.3) is 5.91 Å². The number of aliphatic hydroxyl groups is 1. The molecule has 10 heteroatoms. The average molecular weight is 556 g/mol. The number of amides is 2. The van der Waals surface area contributed by atoms with Gasteiger partial charge in [0, 0.05) is 51.4 Å². The van der Waals surface area contributed by atoms with Gasteiger partial charge in [-0.25, -0.2) is 0 Å². The molecule has 2 aromatic carbocycles. The Hall–Kier alpha value is -3.11. The van der Waals surface area contributed by atoms with Crippen molar-refractivity contribution in [1.82, 2.24) is 5.32 Å². The molecule has 0 saturated carbocycles. The molecule has 0 radical (unpaired) electrons. The zero-order valence-corrected chi connectivity index (χ0v) is 23.0. The SMILES string of the molecule is CN(CC(O)CNC(=O)c1ccc(Cl)s1)c1ccc(N2CCC(N)C2)c(NC(=O)CCc2ccccc2)c1. The first kappa shape index (κ1) is 27.9. The molecule has 3 aromatic rings. The quantitative estimate of drug-likeness (QED) is 0.287. The third-order valence-electron chi connectivity index (χ3n) is 6.52. The van der Waals surface area contributed by atoms with Crippen LogP contribution in [0.5, 0.6) is 0 Å². The highest BCUT2D eigenvalue weighted by atomic mass is 35.5. The van der Waals surface area contributed by atoms with Crippen LogP contribution in [0.4, 0.5) is 17.1 Å². The minimum Gasteiger partial charge on any atom is -0.389 e. The first-order valence-corrected chi connectivity index (χ1v) is 13.9. The molecule has 8 nitrogen and oxygen atoms in total. The molecule has 1 saturated heterocycles. The molecule has 2 amide bonds. The van der Waals surface area contributed by atoms with E-state index < -0.39 is 6.10 Å². The predicted molar refractivity (Wildman–Crippen MR) is 156 cm³/mol. The standard InChI is InChI=1S/C28H34ClN5O3S/c1-33(18-22(35)16-31-28(37)25-10-11-26(29)38-25)21-8-9-24(34-14-13-20(30)17-34)23(15-21)32-27(36)12-7-19-5-3-2-4-6-19/h2-6,8-11,15,20,22,35H,7,12-14,16-18,30H2,1H3,(H,31,37)(H,32,36). The zero-order valence-electron chi connectivity index (χ0n) is 21.4. The van der Waals surface area contributed by atoms with E-state index in [0.29, 0.717) is 28.6 Å². The third-order valence-corrected chi connectivity index (χ3v) is 7.75. The fourth-order valence-electron chi connectivity index (χ4n) is 4.48. The average Bonchev–Trinajstić information content (AvgIpc) is 3.54. The molecule has 1 aliphatic heterocycles. The van der Waals surface area contributed by atoms with Gasteiger partial charge in [0.05, 0.1) is 26.7 Å². The minimum atomic E-state index is -0.792. The van der Waals surface area contributed by atoms with Gasteiger partial charge in [0.1, 0.15) is 0 Å². The molecule has 0 aliphatic carbocycles. The monoisotopic (exact) mass is 555 g/mol. The predicted octanol–water partition coefficient (Wildman–Crippen LogP) is 3.74. The van der Waals surface area contributed by atoms with E-state index in [9.17, 15) is 14.7 Å². The van der Waals surface area contributed by atoms with E-state index in [0.717, 1.165) is 42.1 Å². The molecule has 1 aromatic heterocycles. The van der Waals surface area contributed by atoms with Gasteiger partial charge in [-0.2, -0.15) is 0 Å². The summed E-state index contributed by atoms with van der Waals surface area (Å²) in [4.78, 5) is 29.7. The van der Waals surface area contributed by atoms with Gasteiger partial charge in [-0.3, -0.25) is 9.59 Å². The second-order valence-electron chi connectivity index (χ2n) is 9.58. The van der Waals surface area contributed by atoms with Crippen molar-refractivity contribution >= 4 is 51.8 Å². The van der Waals surface area contributed by atoms with Gasteiger partial charge in [-0.05, 0) is 48.7 Å². The van der Waals surface area contributed by atoms with Gasteiger partial charge in [-0.15, -0.1) is 11.3 Å². The van der Waals surface area contributed by atoms with Crippen molar-refractivity contribution in [1.29, 1.82) is 0 Å². The van der Waals surface area contributed by atoms with Crippen LogP contribution in [0.3, 0.4) is 0 Å². The van der Waals surface area contributed by atoms with Crippen LogP contribution in [0.25, 0.3) is 0 Å². The number of nitrogens with two attached hydrogens (primary N) is 1. The summed E-state index contributed by atoms with van der Waals surface area (Å²) in [6.07, 6.45) is 1.14. The molecule has 2 heterocycles. The van der Waals surface area contributed by atoms with Gasteiger partial charge in [-0.1, -0.05) is 41.9 Å². The molecule has 2 atom stereocenters. The number of likely N-dealkylation sites (N-methyl/N-ethyl adjacent to an activating group) is 1. The molecular weight excluding hydrogens is 522 g/mol. The maximum absolute atomic E-state index is 12.9. The highest BCUT2D eigenvalue weighted by molar-refractivity contribution is 7.18. The number of carbonyl (C=O) groups excluding carboxylic acids is 2. The highest BCUT2D eigenvalue weighted by Gasteiger charge is 2.23. The van der Waals surface area contributed by atoms with Crippen LogP contribution in [0.1, 0.15) is 28.1 Å². The van der Waals surface area contributed by atoms with Crippen molar-refractivity contribution in [3.63, 3.8) is 0 Å². The van der Waals surface area contributed by atoms with Crippen LogP contribution in [0.15, 0.2) is 60.7 Å². The first-order chi connectivity index (χ1) is 18.3. The van der Waals surface area contributed by atoms with E-state index in [1.807, 2.05) is 60.5 Å². The van der Waals surface area contributed by atoms with Crippen molar-refractivity contribution in [2.45, 2.75) is 31.4 Å². The molecule has 0 spiro atoms. The number of aryl methyl sites for hydroxylation is 1. The van der Waals surface area contributed by atoms with Gasteiger partial charge >= 0.3 is 0 Å². The molecule has 4 rings (SSSR count). The van der Waals surface area contributed by atoms with Crippen LogP contribution < -0.4 is 26.2 Å². The summed E-state index contributed by atoms with van der Waals surface area (Å²) in [5.41, 5.74) is 9.76. The Morgan fingerprint density at radius 2 is 2.00 bits per heavy atom. The number of nitrogens with zero attached hydrogens (tertiary/aromatic N) is 2. The van der Waals surface area contributed by atoms with E-state index in [1.54, 1.807) is 12.1 Å². The number of thiophene rings is 1. The van der Waals surface area contributed by atoms with Gasteiger partial charge in [0.15, 0.2) is 0 Å². The summed E-state index contributed by atoms with van der Waals surface area (Å²) in [7, 11) is 1.87. The number of anilines is 3. The van der Waals surface area contributed by atoms with Crippen LogP contribution in [0.2, 0.25) is 4.34 Å². The van der Waals surface area contributed by atoms with Crippen molar-refractivity contribution in [2.24, 2.45) is 5.73 Å². The van der Waals surface area contributed by atoms with Gasteiger partial charge in [0.2, 0.25) is 5.91 Å². The number of benzene rings is 2.